The van der Waals surface area contributed by atoms with Crippen LogP contribution in [0.4, 0.5) is 0 Å². The van der Waals surface area contributed by atoms with Gasteiger partial charge in [-0.05, 0) is 12.8 Å². The van der Waals surface area contributed by atoms with Gasteiger partial charge in [-0.25, -0.2) is 0 Å². The normalized spacial score (nSPS) is 10.8. The molecular formula is C18H36O3. The Balaban J connectivity index is 3.04. The number of aliphatic hydroxyl groups is 1. The highest BCUT2D eigenvalue weighted by molar-refractivity contribution is 5.69. The van der Waals surface area contributed by atoms with Gasteiger partial charge in [-0.3, -0.25) is 4.79 Å². The van der Waals surface area contributed by atoms with E-state index < -0.39 is 0 Å². The van der Waals surface area contributed by atoms with Crippen molar-refractivity contribution >= 4 is 5.97 Å². The molecule has 21 heavy (non-hydrogen) atoms. The van der Waals surface area contributed by atoms with Gasteiger partial charge in [-0.2, -0.15) is 0 Å². The second kappa shape index (κ2) is 17.5. The monoisotopic (exact) mass is 300 g/mol. The Bertz CT molecular complexity index is 217. The van der Waals surface area contributed by atoms with E-state index in [-0.39, 0.29) is 12.6 Å². The summed E-state index contributed by atoms with van der Waals surface area (Å²) in [4.78, 5) is 11.2. The van der Waals surface area contributed by atoms with Gasteiger partial charge < -0.3 is 9.84 Å². The fourth-order valence-electron chi connectivity index (χ4n) is 2.42. The molecule has 0 heterocycles. The summed E-state index contributed by atoms with van der Waals surface area (Å²) in [5, 5.41) is 8.59. The lowest BCUT2D eigenvalue weighted by molar-refractivity contribution is -0.144. The average molecular weight is 300 g/mol. The SMILES string of the molecule is CCCCCCCCCCCCCCOC(=O)CCCO. The third-order valence-corrected chi connectivity index (χ3v) is 3.80. The van der Waals surface area contributed by atoms with E-state index in [0.717, 1.165) is 12.8 Å². The Morgan fingerprint density at radius 3 is 1.71 bits per heavy atom. The Kier molecular flexibility index (Phi) is 17.0. The van der Waals surface area contributed by atoms with Crippen LogP contribution in [-0.2, 0) is 9.53 Å². The molecule has 0 aromatic carbocycles. The minimum atomic E-state index is -0.174. The number of esters is 1. The fourth-order valence-corrected chi connectivity index (χ4v) is 2.42. The molecule has 0 saturated heterocycles. The molecule has 0 aliphatic carbocycles. The van der Waals surface area contributed by atoms with Gasteiger partial charge in [0, 0.05) is 13.0 Å². The van der Waals surface area contributed by atoms with Crippen molar-refractivity contribution in [3.05, 3.63) is 0 Å². The summed E-state index contributed by atoms with van der Waals surface area (Å²) in [6.45, 7) is 2.87. The summed E-state index contributed by atoms with van der Waals surface area (Å²) < 4.78 is 5.09. The second-order valence-electron chi connectivity index (χ2n) is 5.94. The van der Waals surface area contributed by atoms with Crippen molar-refractivity contribution in [2.45, 2.75) is 96.8 Å². The topological polar surface area (TPSA) is 46.5 Å². The molecule has 0 amide bonds. The van der Waals surface area contributed by atoms with Gasteiger partial charge in [-0.15, -0.1) is 0 Å². The van der Waals surface area contributed by atoms with E-state index >= 15 is 0 Å². The first-order chi connectivity index (χ1) is 10.3. The van der Waals surface area contributed by atoms with E-state index in [1.165, 1.54) is 64.2 Å². The summed E-state index contributed by atoms with van der Waals surface area (Å²) in [6.07, 6.45) is 16.6. The van der Waals surface area contributed by atoms with E-state index in [1.54, 1.807) is 0 Å². The zero-order chi connectivity index (χ0) is 15.6. The summed E-state index contributed by atoms with van der Waals surface area (Å²) in [5.41, 5.74) is 0. The highest BCUT2D eigenvalue weighted by Crippen LogP contribution is 2.11. The van der Waals surface area contributed by atoms with Crippen LogP contribution in [0.25, 0.3) is 0 Å². The Hall–Kier alpha value is -0.570. The highest BCUT2D eigenvalue weighted by Gasteiger charge is 2.01. The van der Waals surface area contributed by atoms with Crippen molar-refractivity contribution in [1.82, 2.24) is 0 Å². The number of rotatable bonds is 16. The molecule has 0 aromatic rings. The molecule has 0 bridgehead atoms. The number of hydrogen-bond acceptors (Lipinski definition) is 3. The lowest BCUT2D eigenvalue weighted by Crippen LogP contribution is -2.06. The quantitative estimate of drug-likeness (QED) is 0.322. The summed E-state index contributed by atoms with van der Waals surface area (Å²) in [5.74, 6) is -0.174. The molecule has 0 atom stereocenters. The Morgan fingerprint density at radius 2 is 1.24 bits per heavy atom. The molecule has 0 unspecified atom stereocenters. The van der Waals surface area contributed by atoms with E-state index in [2.05, 4.69) is 6.92 Å². The lowest BCUT2D eigenvalue weighted by atomic mass is 10.1. The maximum atomic E-state index is 11.2. The molecule has 3 nitrogen and oxygen atoms in total. The van der Waals surface area contributed by atoms with Crippen molar-refractivity contribution in [2.24, 2.45) is 0 Å². The van der Waals surface area contributed by atoms with Crippen LogP contribution < -0.4 is 0 Å². The summed E-state index contributed by atoms with van der Waals surface area (Å²) >= 11 is 0. The van der Waals surface area contributed by atoms with Crippen LogP contribution in [0, 0.1) is 0 Å². The van der Waals surface area contributed by atoms with Gasteiger partial charge in [-0.1, -0.05) is 77.6 Å². The first kappa shape index (κ1) is 20.4. The smallest absolute Gasteiger partial charge is 0.305 e. The zero-order valence-electron chi connectivity index (χ0n) is 14.1. The number of unbranched alkanes of at least 4 members (excludes halogenated alkanes) is 11. The van der Waals surface area contributed by atoms with Gasteiger partial charge in [0.2, 0.25) is 0 Å². The summed E-state index contributed by atoms with van der Waals surface area (Å²) in [6, 6.07) is 0. The van der Waals surface area contributed by atoms with E-state index in [9.17, 15) is 4.79 Å². The average Bonchev–Trinajstić information content (AvgIpc) is 2.49. The van der Waals surface area contributed by atoms with Crippen molar-refractivity contribution in [2.75, 3.05) is 13.2 Å². The van der Waals surface area contributed by atoms with Crippen LogP contribution >= 0.6 is 0 Å². The standard InChI is InChI=1S/C18H36O3/c1-2-3-4-5-6-7-8-9-10-11-12-13-17-21-18(20)15-14-16-19/h19H,2-17H2,1H3. The minimum absolute atomic E-state index is 0.0632. The zero-order valence-corrected chi connectivity index (χ0v) is 14.1. The predicted octanol–water partition coefficient (Wildman–Crippen LogP) is 5.00. The van der Waals surface area contributed by atoms with Crippen LogP contribution in [0.3, 0.4) is 0 Å². The maximum absolute atomic E-state index is 11.2. The molecule has 1 N–H and O–H groups in total. The molecule has 0 aliphatic rings. The summed E-state index contributed by atoms with van der Waals surface area (Å²) in [7, 11) is 0. The highest BCUT2D eigenvalue weighted by atomic mass is 16.5. The van der Waals surface area contributed by atoms with E-state index in [1.807, 2.05) is 0 Å². The number of hydrogen-bond donors (Lipinski definition) is 1. The first-order valence-electron chi connectivity index (χ1n) is 9.07. The lowest BCUT2D eigenvalue weighted by Gasteiger charge is -2.04. The fraction of sp³-hybridized carbons (Fsp3) is 0.944. The first-order valence-corrected chi connectivity index (χ1v) is 9.07. The van der Waals surface area contributed by atoms with E-state index in [4.69, 9.17) is 9.84 Å². The molecule has 0 saturated carbocycles. The van der Waals surface area contributed by atoms with Crippen molar-refractivity contribution < 1.29 is 14.6 Å². The third kappa shape index (κ3) is 17.4. The molecule has 0 fully saturated rings. The molecule has 0 rings (SSSR count). The largest absolute Gasteiger partial charge is 0.466 e. The van der Waals surface area contributed by atoms with E-state index in [0.29, 0.717) is 19.4 Å². The van der Waals surface area contributed by atoms with Gasteiger partial charge in [0.25, 0.3) is 0 Å². The number of carbonyl (C=O) groups excluding carboxylic acids is 1. The number of carbonyl (C=O) groups is 1. The minimum Gasteiger partial charge on any atom is -0.466 e. The molecular weight excluding hydrogens is 264 g/mol. The maximum Gasteiger partial charge on any atom is 0.305 e. The molecule has 126 valence electrons. The van der Waals surface area contributed by atoms with Gasteiger partial charge in [0.05, 0.1) is 6.61 Å². The molecule has 0 radical (unpaired) electrons. The number of ether oxygens (including phenoxy) is 1. The molecule has 3 heteroatoms. The molecule has 0 aromatic heterocycles. The van der Waals surface area contributed by atoms with Gasteiger partial charge >= 0.3 is 5.97 Å². The van der Waals surface area contributed by atoms with Crippen LogP contribution in [-0.4, -0.2) is 24.3 Å². The molecule has 0 aliphatic heterocycles. The van der Waals surface area contributed by atoms with Gasteiger partial charge in [0.1, 0.15) is 0 Å². The second-order valence-corrected chi connectivity index (χ2v) is 5.94. The number of aliphatic hydroxyl groups excluding tert-OH is 1. The van der Waals surface area contributed by atoms with Gasteiger partial charge in [0.15, 0.2) is 0 Å². The van der Waals surface area contributed by atoms with Crippen LogP contribution in [0.1, 0.15) is 96.8 Å². The third-order valence-electron chi connectivity index (χ3n) is 3.80. The molecule has 0 spiro atoms. The van der Waals surface area contributed by atoms with Crippen LogP contribution in [0.5, 0.6) is 0 Å². The Labute approximate surface area is 131 Å². The van der Waals surface area contributed by atoms with Crippen LogP contribution in [0.15, 0.2) is 0 Å². The predicted molar refractivity (Wildman–Crippen MR) is 88.4 cm³/mol. The van der Waals surface area contributed by atoms with Crippen molar-refractivity contribution in [3.8, 4) is 0 Å². The van der Waals surface area contributed by atoms with Crippen molar-refractivity contribution in [3.63, 3.8) is 0 Å². The Morgan fingerprint density at radius 1 is 0.762 bits per heavy atom. The van der Waals surface area contributed by atoms with Crippen LogP contribution in [0.2, 0.25) is 0 Å². The van der Waals surface area contributed by atoms with Crippen molar-refractivity contribution in [1.29, 1.82) is 0 Å².